The Morgan fingerprint density at radius 3 is 2.07 bits per heavy atom. The summed E-state index contributed by atoms with van der Waals surface area (Å²) in [5.41, 5.74) is 3.55. The van der Waals surface area contributed by atoms with Crippen LogP contribution in [0.4, 0.5) is 0 Å². The van der Waals surface area contributed by atoms with Gasteiger partial charge in [0, 0.05) is 0 Å². The van der Waals surface area contributed by atoms with Crippen LogP contribution in [0.15, 0.2) is 12.1 Å². The summed E-state index contributed by atoms with van der Waals surface area (Å²) < 4.78 is 0. The number of aryl methyl sites for hydroxylation is 1. The number of aromatic hydroxyl groups is 1. The maximum atomic E-state index is 9.93. The van der Waals surface area contributed by atoms with Crippen LogP contribution in [0.25, 0.3) is 0 Å². The first-order chi connectivity index (χ1) is 6.73. The van der Waals surface area contributed by atoms with Crippen molar-refractivity contribution in [1.29, 1.82) is 0 Å². The highest BCUT2D eigenvalue weighted by Crippen LogP contribution is 2.34. The molecule has 1 N–H and O–H groups in total. The summed E-state index contributed by atoms with van der Waals surface area (Å²) in [6.45, 7) is 12.8. The molecule has 1 rings (SSSR count). The zero-order valence-electron chi connectivity index (χ0n) is 10.7. The molecule has 0 fully saturated rings. The predicted molar refractivity (Wildman–Crippen MR) is 65.6 cm³/mol. The molecule has 0 saturated carbocycles. The van der Waals surface area contributed by atoms with Crippen molar-refractivity contribution in [2.75, 3.05) is 0 Å². The summed E-state index contributed by atoms with van der Waals surface area (Å²) in [6, 6.07) is 4.03. The molecular formula is C14H22O. The molecule has 0 aliphatic heterocycles. The maximum Gasteiger partial charge on any atom is 0.119 e. The first-order valence-corrected chi connectivity index (χ1v) is 5.57. The van der Waals surface area contributed by atoms with Gasteiger partial charge in [-0.2, -0.15) is 0 Å². The van der Waals surface area contributed by atoms with Crippen molar-refractivity contribution in [3.05, 3.63) is 28.8 Å². The van der Waals surface area contributed by atoms with E-state index in [1.54, 1.807) is 0 Å². The Balaban J connectivity index is 3.37. The molecule has 0 saturated heterocycles. The van der Waals surface area contributed by atoms with Gasteiger partial charge in [-0.15, -0.1) is 0 Å². The summed E-state index contributed by atoms with van der Waals surface area (Å²) in [5.74, 6) is 0.927. The highest BCUT2D eigenvalue weighted by molar-refractivity contribution is 5.45. The lowest BCUT2D eigenvalue weighted by Crippen LogP contribution is -2.12. The van der Waals surface area contributed by atoms with Crippen molar-refractivity contribution in [3.63, 3.8) is 0 Å². The number of rotatable bonds is 1. The Morgan fingerprint density at radius 1 is 1.13 bits per heavy atom. The molecule has 0 aliphatic rings. The zero-order chi connectivity index (χ0) is 11.8. The normalized spacial score (nSPS) is 12.2. The van der Waals surface area contributed by atoms with Crippen LogP contribution in [0.3, 0.4) is 0 Å². The van der Waals surface area contributed by atoms with Crippen LogP contribution in [0.2, 0.25) is 0 Å². The number of hydrogen-bond acceptors (Lipinski definition) is 1. The topological polar surface area (TPSA) is 20.2 Å². The first kappa shape index (κ1) is 12.1. The van der Waals surface area contributed by atoms with E-state index < -0.39 is 0 Å². The van der Waals surface area contributed by atoms with E-state index in [1.165, 1.54) is 11.1 Å². The lowest BCUT2D eigenvalue weighted by molar-refractivity contribution is 0.445. The van der Waals surface area contributed by atoms with Gasteiger partial charge in [-0.25, -0.2) is 0 Å². The number of phenolic OH excluding ortho intramolecular Hbond substituents is 1. The minimum atomic E-state index is 0.00141. The molecule has 1 aromatic rings. The largest absolute Gasteiger partial charge is 0.508 e. The second-order valence-electron chi connectivity index (χ2n) is 5.63. The molecule has 0 spiro atoms. The minimum Gasteiger partial charge on any atom is -0.508 e. The fraction of sp³-hybridized carbons (Fsp3) is 0.571. The molecule has 0 unspecified atom stereocenters. The highest BCUT2D eigenvalue weighted by Gasteiger charge is 2.20. The van der Waals surface area contributed by atoms with E-state index in [4.69, 9.17) is 0 Å². The fourth-order valence-electron chi connectivity index (χ4n) is 1.93. The van der Waals surface area contributed by atoms with E-state index in [2.05, 4.69) is 47.6 Å². The monoisotopic (exact) mass is 206 g/mol. The van der Waals surface area contributed by atoms with E-state index in [1.807, 2.05) is 6.07 Å². The van der Waals surface area contributed by atoms with Crippen molar-refractivity contribution in [1.82, 2.24) is 0 Å². The van der Waals surface area contributed by atoms with Gasteiger partial charge in [0.1, 0.15) is 5.75 Å². The standard InChI is InChI=1S/C14H22O/c1-9(2)11-8-12(14(4,5)6)13(15)7-10(11)3/h7-9,15H,1-6H3. The molecule has 15 heavy (non-hydrogen) atoms. The van der Waals surface area contributed by atoms with Crippen LogP contribution >= 0.6 is 0 Å². The van der Waals surface area contributed by atoms with Gasteiger partial charge < -0.3 is 5.11 Å². The molecule has 1 heteroatoms. The van der Waals surface area contributed by atoms with Crippen molar-refractivity contribution in [2.45, 2.75) is 52.9 Å². The predicted octanol–water partition coefficient (Wildman–Crippen LogP) is 4.12. The summed E-state index contributed by atoms with van der Waals surface area (Å²) in [5, 5.41) is 9.93. The molecule has 0 heterocycles. The molecule has 0 radical (unpaired) electrons. The molecule has 1 aromatic carbocycles. The van der Waals surface area contributed by atoms with Crippen LogP contribution in [0.5, 0.6) is 5.75 Å². The first-order valence-electron chi connectivity index (χ1n) is 5.57. The molecule has 0 atom stereocenters. The minimum absolute atomic E-state index is 0.00141. The molecule has 0 aromatic heterocycles. The van der Waals surface area contributed by atoms with Crippen molar-refractivity contribution >= 4 is 0 Å². The van der Waals surface area contributed by atoms with Crippen LogP contribution in [0.1, 0.15) is 57.2 Å². The van der Waals surface area contributed by atoms with Gasteiger partial charge in [-0.1, -0.05) is 40.7 Å². The highest BCUT2D eigenvalue weighted by atomic mass is 16.3. The maximum absolute atomic E-state index is 9.93. The van der Waals surface area contributed by atoms with Gasteiger partial charge in [0.05, 0.1) is 0 Å². The van der Waals surface area contributed by atoms with Crippen LogP contribution in [-0.2, 0) is 5.41 Å². The Morgan fingerprint density at radius 2 is 1.67 bits per heavy atom. The summed E-state index contributed by atoms with van der Waals surface area (Å²) >= 11 is 0. The molecular weight excluding hydrogens is 184 g/mol. The summed E-state index contributed by atoms with van der Waals surface area (Å²) in [7, 11) is 0. The van der Waals surface area contributed by atoms with Gasteiger partial charge in [-0.3, -0.25) is 0 Å². The van der Waals surface area contributed by atoms with E-state index in [0.717, 1.165) is 5.56 Å². The van der Waals surface area contributed by atoms with Gasteiger partial charge in [0.15, 0.2) is 0 Å². The third-order valence-corrected chi connectivity index (χ3v) is 2.81. The molecule has 0 bridgehead atoms. The number of benzene rings is 1. The Hall–Kier alpha value is -0.980. The molecule has 0 amide bonds. The summed E-state index contributed by atoms with van der Waals surface area (Å²) in [4.78, 5) is 0. The van der Waals surface area contributed by atoms with Crippen LogP contribution in [0, 0.1) is 6.92 Å². The van der Waals surface area contributed by atoms with E-state index in [9.17, 15) is 5.11 Å². The molecule has 0 aliphatic carbocycles. The number of phenols is 1. The second kappa shape index (κ2) is 3.88. The summed E-state index contributed by atoms with van der Waals surface area (Å²) in [6.07, 6.45) is 0. The van der Waals surface area contributed by atoms with Crippen LogP contribution in [-0.4, -0.2) is 5.11 Å². The Bertz CT molecular complexity index is 356. The van der Waals surface area contributed by atoms with Crippen molar-refractivity contribution in [2.24, 2.45) is 0 Å². The van der Waals surface area contributed by atoms with E-state index in [-0.39, 0.29) is 5.41 Å². The Kier molecular flexibility index (Phi) is 3.13. The average molecular weight is 206 g/mol. The van der Waals surface area contributed by atoms with Gasteiger partial charge in [0.25, 0.3) is 0 Å². The van der Waals surface area contributed by atoms with Gasteiger partial charge >= 0.3 is 0 Å². The fourth-order valence-corrected chi connectivity index (χ4v) is 1.93. The lowest BCUT2D eigenvalue weighted by atomic mass is 9.83. The SMILES string of the molecule is Cc1cc(O)c(C(C)(C)C)cc1C(C)C. The second-order valence-corrected chi connectivity index (χ2v) is 5.63. The van der Waals surface area contributed by atoms with Crippen molar-refractivity contribution in [3.8, 4) is 5.75 Å². The Labute approximate surface area is 93.1 Å². The van der Waals surface area contributed by atoms with Crippen LogP contribution < -0.4 is 0 Å². The average Bonchev–Trinajstić information content (AvgIpc) is 2.00. The lowest BCUT2D eigenvalue weighted by Gasteiger charge is -2.23. The van der Waals surface area contributed by atoms with E-state index in [0.29, 0.717) is 11.7 Å². The van der Waals surface area contributed by atoms with E-state index >= 15 is 0 Å². The third-order valence-electron chi connectivity index (χ3n) is 2.81. The smallest absolute Gasteiger partial charge is 0.119 e. The van der Waals surface area contributed by atoms with Gasteiger partial charge in [0.2, 0.25) is 0 Å². The van der Waals surface area contributed by atoms with Crippen molar-refractivity contribution < 1.29 is 5.11 Å². The molecule has 84 valence electrons. The zero-order valence-corrected chi connectivity index (χ0v) is 10.7. The number of hydrogen-bond donors (Lipinski definition) is 1. The third kappa shape index (κ3) is 2.53. The molecule has 1 nitrogen and oxygen atoms in total. The quantitative estimate of drug-likeness (QED) is 0.732. The van der Waals surface area contributed by atoms with Gasteiger partial charge in [-0.05, 0) is 41.0 Å².